The Morgan fingerprint density at radius 2 is 1.00 bits per heavy atom. The van der Waals surface area contributed by atoms with E-state index in [9.17, 15) is 0 Å². The maximum Gasteiger partial charge on any atom is 0.0541 e. The van der Waals surface area contributed by atoms with Crippen LogP contribution in [0.4, 0.5) is 17.1 Å². The van der Waals surface area contributed by atoms with Gasteiger partial charge in [-0.05, 0) is 83.2 Å². The van der Waals surface area contributed by atoms with Gasteiger partial charge in [0.2, 0.25) is 0 Å². The minimum absolute atomic E-state index is 1.12. The summed E-state index contributed by atoms with van der Waals surface area (Å²) in [5.41, 5.74) is 9.41. The van der Waals surface area contributed by atoms with Crippen LogP contribution >= 0.6 is 11.3 Å². The van der Waals surface area contributed by atoms with Gasteiger partial charge < -0.3 is 9.47 Å². The summed E-state index contributed by atoms with van der Waals surface area (Å²) in [4.78, 5) is 2.41. The molecule has 0 aliphatic carbocycles. The molecular formula is C46H30N2S. The lowest BCUT2D eigenvalue weighted by atomic mass is 10.0. The lowest BCUT2D eigenvalue weighted by molar-refractivity contribution is 1.18. The van der Waals surface area contributed by atoms with Crippen LogP contribution in [-0.4, -0.2) is 4.57 Å². The minimum atomic E-state index is 1.12. The molecule has 0 N–H and O–H groups in total. The van der Waals surface area contributed by atoms with Crippen molar-refractivity contribution in [2.75, 3.05) is 4.90 Å². The Balaban J connectivity index is 1.10. The molecule has 0 amide bonds. The molecule has 0 atom stereocenters. The van der Waals surface area contributed by atoms with Gasteiger partial charge in [0.1, 0.15) is 0 Å². The number of benzene rings is 8. The summed E-state index contributed by atoms with van der Waals surface area (Å²) in [6.45, 7) is 0. The Bertz CT molecular complexity index is 2780. The van der Waals surface area contributed by atoms with Crippen molar-refractivity contribution in [1.29, 1.82) is 0 Å². The highest BCUT2D eigenvalue weighted by molar-refractivity contribution is 7.25. The molecule has 0 radical (unpaired) electrons. The Kier molecular flexibility index (Phi) is 6.39. The van der Waals surface area contributed by atoms with Crippen LogP contribution in [0.15, 0.2) is 182 Å². The monoisotopic (exact) mass is 642 g/mol. The van der Waals surface area contributed by atoms with Crippen molar-refractivity contribution in [2.45, 2.75) is 0 Å². The predicted molar refractivity (Wildman–Crippen MR) is 211 cm³/mol. The zero-order chi connectivity index (χ0) is 32.3. The van der Waals surface area contributed by atoms with Gasteiger partial charge in [0.25, 0.3) is 0 Å². The molecule has 0 saturated heterocycles. The van der Waals surface area contributed by atoms with Crippen LogP contribution in [0.1, 0.15) is 0 Å². The first-order valence-corrected chi connectivity index (χ1v) is 17.5. The fourth-order valence-electron chi connectivity index (χ4n) is 7.51. The van der Waals surface area contributed by atoms with Crippen molar-refractivity contribution in [1.82, 2.24) is 4.57 Å². The molecule has 2 aromatic heterocycles. The van der Waals surface area contributed by atoms with Crippen molar-refractivity contribution >= 4 is 81.1 Å². The second-order valence-corrected chi connectivity index (χ2v) is 13.7. The molecule has 2 heterocycles. The molecule has 0 aliphatic rings. The van der Waals surface area contributed by atoms with E-state index in [0.29, 0.717) is 0 Å². The molecule has 0 bridgehead atoms. The Hall–Kier alpha value is -6.16. The fraction of sp³-hybridized carbons (Fsp3) is 0. The topological polar surface area (TPSA) is 8.17 Å². The smallest absolute Gasteiger partial charge is 0.0541 e. The molecule has 230 valence electrons. The van der Waals surface area contributed by atoms with E-state index in [1.807, 2.05) is 11.3 Å². The highest BCUT2D eigenvalue weighted by atomic mass is 32.1. The SMILES string of the molecule is c1cc(-c2ccc(N(c3ccc4sc5ccccc5c4c3)c3cccc4ccccc34)cc2)cc(-n2c3ccccc3c3ccccc32)c1. The van der Waals surface area contributed by atoms with Crippen molar-refractivity contribution in [3.8, 4) is 16.8 Å². The van der Waals surface area contributed by atoms with Gasteiger partial charge in [-0.3, -0.25) is 0 Å². The number of fused-ring (bicyclic) bond motifs is 7. The third kappa shape index (κ3) is 4.55. The summed E-state index contributed by atoms with van der Waals surface area (Å²) in [6.07, 6.45) is 0. The van der Waals surface area contributed by atoms with E-state index in [0.717, 1.165) is 22.7 Å². The Morgan fingerprint density at radius 3 is 1.80 bits per heavy atom. The van der Waals surface area contributed by atoms with Crippen LogP contribution in [0.3, 0.4) is 0 Å². The highest BCUT2D eigenvalue weighted by Gasteiger charge is 2.18. The average Bonchev–Trinajstić information content (AvgIpc) is 3.71. The predicted octanol–water partition coefficient (Wildman–Crippen LogP) is 13.4. The molecule has 10 aromatic rings. The summed E-state index contributed by atoms with van der Waals surface area (Å²) in [5.74, 6) is 0. The largest absolute Gasteiger partial charge is 0.310 e. The first-order chi connectivity index (χ1) is 24.3. The maximum atomic E-state index is 2.41. The zero-order valence-electron chi connectivity index (χ0n) is 26.6. The third-order valence-corrected chi connectivity index (χ3v) is 10.9. The van der Waals surface area contributed by atoms with Gasteiger partial charge in [0.05, 0.1) is 16.7 Å². The highest BCUT2D eigenvalue weighted by Crippen LogP contribution is 2.43. The summed E-state index contributed by atoms with van der Waals surface area (Å²) < 4.78 is 5.01. The van der Waals surface area contributed by atoms with E-state index in [-0.39, 0.29) is 0 Å². The van der Waals surface area contributed by atoms with Crippen LogP contribution in [0.25, 0.3) is 69.6 Å². The Morgan fingerprint density at radius 1 is 0.388 bits per heavy atom. The van der Waals surface area contributed by atoms with Crippen LogP contribution in [0.2, 0.25) is 0 Å². The van der Waals surface area contributed by atoms with E-state index in [2.05, 4.69) is 191 Å². The number of hydrogen-bond acceptors (Lipinski definition) is 2. The fourth-order valence-corrected chi connectivity index (χ4v) is 8.60. The number of hydrogen-bond donors (Lipinski definition) is 0. The lowest BCUT2D eigenvalue weighted by Gasteiger charge is -2.27. The standard InChI is InChI=1S/C46H30N2S/c1-2-15-37-32(11-1)12-10-21-42(37)47(36-27-28-46-41(30-36)40-18-5-8-22-45(40)49-46)34-25-23-31(24-26-34)33-13-9-14-35(29-33)48-43-19-6-3-16-38(43)39-17-4-7-20-44(39)48/h1-30H. The van der Waals surface area contributed by atoms with Crippen molar-refractivity contribution in [2.24, 2.45) is 0 Å². The molecule has 0 unspecified atom stereocenters. The molecule has 0 aliphatic heterocycles. The van der Waals surface area contributed by atoms with E-state index in [4.69, 9.17) is 0 Å². The first-order valence-electron chi connectivity index (χ1n) is 16.7. The number of para-hydroxylation sites is 2. The molecule has 10 rings (SSSR count). The second kappa shape index (κ2) is 11.2. The lowest BCUT2D eigenvalue weighted by Crippen LogP contribution is -2.10. The van der Waals surface area contributed by atoms with Gasteiger partial charge in [-0.15, -0.1) is 11.3 Å². The summed E-state index contributed by atoms with van der Waals surface area (Å²) >= 11 is 1.86. The van der Waals surface area contributed by atoms with Gasteiger partial charge >= 0.3 is 0 Å². The van der Waals surface area contributed by atoms with Crippen LogP contribution < -0.4 is 4.90 Å². The van der Waals surface area contributed by atoms with E-state index >= 15 is 0 Å². The van der Waals surface area contributed by atoms with Gasteiger partial charge in [-0.1, -0.05) is 115 Å². The van der Waals surface area contributed by atoms with Gasteiger partial charge in [-0.25, -0.2) is 0 Å². The van der Waals surface area contributed by atoms with Gasteiger partial charge in [0.15, 0.2) is 0 Å². The molecule has 3 heteroatoms. The summed E-state index contributed by atoms with van der Waals surface area (Å²) in [6, 6.07) is 66.2. The van der Waals surface area contributed by atoms with E-state index in [1.165, 1.54) is 63.9 Å². The van der Waals surface area contributed by atoms with Crippen LogP contribution in [0, 0.1) is 0 Å². The molecular weight excluding hydrogens is 613 g/mol. The van der Waals surface area contributed by atoms with Crippen molar-refractivity contribution < 1.29 is 0 Å². The number of aromatic nitrogens is 1. The molecule has 49 heavy (non-hydrogen) atoms. The van der Waals surface area contributed by atoms with Gasteiger partial charge in [-0.2, -0.15) is 0 Å². The van der Waals surface area contributed by atoms with Gasteiger partial charge in [0, 0.05) is 53.4 Å². The molecule has 0 fully saturated rings. The zero-order valence-corrected chi connectivity index (χ0v) is 27.4. The van der Waals surface area contributed by atoms with E-state index in [1.54, 1.807) is 0 Å². The van der Waals surface area contributed by atoms with E-state index < -0.39 is 0 Å². The second-order valence-electron chi connectivity index (χ2n) is 12.6. The number of anilines is 3. The summed E-state index contributed by atoms with van der Waals surface area (Å²) in [7, 11) is 0. The number of thiophene rings is 1. The molecule has 0 spiro atoms. The average molecular weight is 643 g/mol. The number of rotatable bonds is 5. The normalized spacial score (nSPS) is 11.7. The molecule has 8 aromatic carbocycles. The third-order valence-electron chi connectivity index (χ3n) is 9.77. The summed E-state index contributed by atoms with van der Waals surface area (Å²) in [5, 5.41) is 7.60. The van der Waals surface area contributed by atoms with Crippen molar-refractivity contribution in [3.63, 3.8) is 0 Å². The molecule has 0 saturated carbocycles. The quantitative estimate of drug-likeness (QED) is 0.181. The maximum absolute atomic E-state index is 2.41. The number of nitrogens with zero attached hydrogens (tertiary/aromatic N) is 2. The van der Waals surface area contributed by atoms with Crippen LogP contribution in [-0.2, 0) is 0 Å². The van der Waals surface area contributed by atoms with Crippen LogP contribution in [0.5, 0.6) is 0 Å². The first kappa shape index (κ1) is 27.9. The minimum Gasteiger partial charge on any atom is -0.310 e. The Labute approximate surface area is 288 Å². The molecule has 2 nitrogen and oxygen atoms in total. The van der Waals surface area contributed by atoms with Crippen molar-refractivity contribution in [3.05, 3.63) is 182 Å².